The normalized spacial score (nSPS) is 14.6. The van der Waals surface area contributed by atoms with Gasteiger partial charge in [-0.1, -0.05) is 44.1 Å². The van der Waals surface area contributed by atoms with Crippen LogP contribution in [0.2, 0.25) is 0 Å². The second-order valence-electron chi connectivity index (χ2n) is 12.5. The van der Waals surface area contributed by atoms with E-state index in [-0.39, 0.29) is 22.9 Å². The number of H-pyrrole nitrogens is 1. The molecule has 11 nitrogen and oxygen atoms in total. The Morgan fingerprint density at radius 1 is 1.09 bits per heavy atom. The van der Waals surface area contributed by atoms with Crippen molar-refractivity contribution in [1.29, 1.82) is 0 Å². The van der Waals surface area contributed by atoms with Gasteiger partial charge in [0, 0.05) is 73.2 Å². The zero-order valence-corrected chi connectivity index (χ0v) is 26.0. The van der Waals surface area contributed by atoms with E-state index in [0.29, 0.717) is 11.3 Å². The Bertz CT molecular complexity index is 1890. The number of nitrogens with zero attached hydrogens (tertiary/aromatic N) is 5. The predicted molar refractivity (Wildman–Crippen MR) is 171 cm³/mol. The number of carbonyl (C=O) groups is 1. The van der Waals surface area contributed by atoms with Crippen LogP contribution in [0.25, 0.3) is 33.3 Å². The minimum atomic E-state index is -0.418. The molecule has 1 amide bonds. The predicted octanol–water partition coefficient (Wildman–Crippen LogP) is 4.49. The van der Waals surface area contributed by atoms with Crippen LogP contribution in [0.5, 0.6) is 0 Å². The monoisotopic (exact) mass is 594 g/mol. The van der Waals surface area contributed by atoms with Crippen LogP contribution in [-0.4, -0.2) is 56.8 Å². The highest BCUT2D eigenvalue weighted by atomic mass is 16.5. The van der Waals surface area contributed by atoms with Crippen LogP contribution in [0.15, 0.2) is 58.1 Å². The quantitative estimate of drug-likeness (QED) is 0.262. The first kappa shape index (κ1) is 29.3. The van der Waals surface area contributed by atoms with Crippen LogP contribution in [-0.2, 0) is 12.5 Å². The lowest BCUT2D eigenvalue weighted by Gasteiger charge is -2.28. The van der Waals surface area contributed by atoms with Crippen LogP contribution in [0.3, 0.4) is 0 Å². The summed E-state index contributed by atoms with van der Waals surface area (Å²) in [5, 5.41) is 11.1. The summed E-state index contributed by atoms with van der Waals surface area (Å²) in [6, 6.07) is 11.9. The summed E-state index contributed by atoms with van der Waals surface area (Å²) < 4.78 is 6.82. The molecule has 1 fully saturated rings. The maximum atomic E-state index is 13.1. The molecule has 5 aromatic rings. The lowest BCUT2D eigenvalue weighted by Crippen LogP contribution is -2.43. The number of aromatic amines is 1. The van der Waals surface area contributed by atoms with E-state index in [9.17, 15) is 9.59 Å². The van der Waals surface area contributed by atoms with E-state index in [0.717, 1.165) is 70.9 Å². The number of aromatic nitrogens is 5. The van der Waals surface area contributed by atoms with E-state index in [1.807, 2.05) is 77.3 Å². The summed E-state index contributed by atoms with van der Waals surface area (Å²) in [5.74, 6) is 0.964. The molecule has 1 saturated heterocycles. The number of benzene rings is 1. The molecule has 0 unspecified atom stereocenters. The van der Waals surface area contributed by atoms with Crippen molar-refractivity contribution in [3.63, 3.8) is 0 Å². The summed E-state index contributed by atoms with van der Waals surface area (Å²) in [6.07, 6.45) is 3.73. The van der Waals surface area contributed by atoms with Crippen molar-refractivity contribution in [2.24, 2.45) is 7.05 Å². The first-order chi connectivity index (χ1) is 21.0. The number of nitrogens with one attached hydrogen (secondary N) is 3. The number of piperazine rings is 1. The number of rotatable bonds is 6. The fourth-order valence-corrected chi connectivity index (χ4v) is 5.63. The molecule has 1 aliphatic rings. The first-order valence-corrected chi connectivity index (χ1v) is 14.9. The van der Waals surface area contributed by atoms with E-state index in [4.69, 9.17) is 9.51 Å². The number of carbonyl (C=O) groups excluding carboxylic acids is 1. The average Bonchev–Trinajstić information content (AvgIpc) is 3.69. The van der Waals surface area contributed by atoms with Gasteiger partial charge in [0.1, 0.15) is 11.3 Å². The zero-order chi connectivity index (χ0) is 31.2. The molecule has 0 bridgehead atoms. The molecule has 1 aromatic carbocycles. The Morgan fingerprint density at radius 2 is 1.84 bits per heavy atom. The van der Waals surface area contributed by atoms with Gasteiger partial charge in [-0.25, -0.2) is 4.98 Å². The van der Waals surface area contributed by atoms with Gasteiger partial charge in [-0.2, -0.15) is 4.98 Å². The Kier molecular flexibility index (Phi) is 7.58. The van der Waals surface area contributed by atoms with Crippen LogP contribution in [0.1, 0.15) is 61.4 Å². The third-order valence-electron chi connectivity index (χ3n) is 8.15. The minimum absolute atomic E-state index is 0.0551. The Morgan fingerprint density at radius 3 is 2.50 bits per heavy atom. The van der Waals surface area contributed by atoms with Crippen molar-refractivity contribution in [2.75, 3.05) is 31.1 Å². The largest absolute Gasteiger partial charge is 0.354 e. The smallest absolute Gasteiger partial charge is 0.315 e. The molecule has 11 heteroatoms. The third-order valence-corrected chi connectivity index (χ3v) is 8.15. The number of fused-ring (bicyclic) bond motifs is 1. The van der Waals surface area contributed by atoms with Crippen LogP contribution < -0.4 is 21.1 Å². The lowest BCUT2D eigenvalue weighted by atomic mass is 9.95. The van der Waals surface area contributed by atoms with Gasteiger partial charge < -0.3 is 29.6 Å². The van der Waals surface area contributed by atoms with Gasteiger partial charge in [-0.3, -0.25) is 9.59 Å². The van der Waals surface area contributed by atoms with Gasteiger partial charge in [0.2, 0.25) is 0 Å². The molecular weight excluding hydrogens is 556 g/mol. The van der Waals surface area contributed by atoms with Gasteiger partial charge in [0.15, 0.2) is 5.82 Å². The van der Waals surface area contributed by atoms with E-state index in [1.54, 1.807) is 11.6 Å². The standard InChI is InChI=1S/C33H38N8O3/c1-19-15-21(7-9-23(19)20(2)36-29(42)30-38-32(39-44-30)33(3,4)5)25-18-40(6)31(43)28-24(25)16-26(37-28)22-8-10-27(35-17-22)41-13-11-34-12-14-41/h7-10,15-18,20,34,37H,11-14H2,1-6H3,(H,36,42)/t20-/m1/s1. The maximum Gasteiger partial charge on any atom is 0.315 e. The highest BCUT2D eigenvalue weighted by molar-refractivity contribution is 5.97. The van der Waals surface area contributed by atoms with Crippen molar-refractivity contribution >= 4 is 22.6 Å². The summed E-state index contributed by atoms with van der Waals surface area (Å²) in [4.78, 5) is 40.6. The van der Waals surface area contributed by atoms with Crippen molar-refractivity contribution < 1.29 is 9.32 Å². The Labute approximate surface area is 255 Å². The number of hydrogen-bond acceptors (Lipinski definition) is 8. The van der Waals surface area contributed by atoms with E-state index in [1.165, 1.54) is 0 Å². The fraction of sp³-hybridized carbons (Fsp3) is 0.364. The van der Waals surface area contributed by atoms with E-state index in [2.05, 4.69) is 36.7 Å². The SMILES string of the molecule is Cc1cc(-c2cn(C)c(=O)c3[nH]c(-c4ccc(N5CCNCC5)nc4)cc23)ccc1[C@@H](C)NC(=O)c1nc(C(C)(C)C)no1. The van der Waals surface area contributed by atoms with E-state index >= 15 is 0 Å². The second kappa shape index (κ2) is 11.4. The lowest BCUT2D eigenvalue weighted by molar-refractivity contribution is 0.0895. The zero-order valence-electron chi connectivity index (χ0n) is 26.0. The van der Waals surface area contributed by atoms with Crippen molar-refractivity contribution in [3.05, 3.63) is 82.0 Å². The van der Waals surface area contributed by atoms with Crippen molar-refractivity contribution in [2.45, 2.75) is 46.1 Å². The molecule has 3 N–H and O–H groups in total. The van der Waals surface area contributed by atoms with Gasteiger partial charge in [0.25, 0.3) is 5.56 Å². The molecule has 0 saturated carbocycles. The first-order valence-electron chi connectivity index (χ1n) is 14.9. The average molecular weight is 595 g/mol. The molecule has 0 spiro atoms. The highest BCUT2D eigenvalue weighted by Crippen LogP contribution is 2.33. The molecule has 1 aliphatic heterocycles. The summed E-state index contributed by atoms with van der Waals surface area (Å²) in [5.41, 5.74) is 5.74. The van der Waals surface area contributed by atoms with Gasteiger partial charge >= 0.3 is 11.8 Å². The summed E-state index contributed by atoms with van der Waals surface area (Å²) in [6.45, 7) is 13.6. The van der Waals surface area contributed by atoms with Crippen molar-refractivity contribution in [3.8, 4) is 22.4 Å². The Balaban J connectivity index is 1.27. The molecule has 5 heterocycles. The number of pyridine rings is 2. The Hall–Kier alpha value is -4.77. The summed E-state index contributed by atoms with van der Waals surface area (Å²) >= 11 is 0. The topological polar surface area (TPSA) is 134 Å². The molecular formula is C33H38N8O3. The molecule has 228 valence electrons. The second-order valence-corrected chi connectivity index (χ2v) is 12.5. The number of amides is 1. The molecule has 4 aromatic heterocycles. The van der Waals surface area contributed by atoms with Gasteiger partial charge in [0.05, 0.1) is 6.04 Å². The molecule has 0 radical (unpaired) electrons. The fourth-order valence-electron chi connectivity index (χ4n) is 5.63. The molecule has 1 atom stereocenters. The molecule has 0 aliphatic carbocycles. The maximum absolute atomic E-state index is 13.1. The molecule has 6 rings (SSSR count). The minimum Gasteiger partial charge on any atom is -0.354 e. The van der Waals surface area contributed by atoms with Crippen molar-refractivity contribution in [1.82, 2.24) is 35.3 Å². The van der Waals surface area contributed by atoms with E-state index < -0.39 is 5.91 Å². The van der Waals surface area contributed by atoms with Gasteiger partial charge in [-0.05, 0) is 48.7 Å². The van der Waals surface area contributed by atoms with Crippen LogP contribution >= 0.6 is 0 Å². The number of hydrogen-bond donors (Lipinski definition) is 3. The van der Waals surface area contributed by atoms with Crippen LogP contribution in [0, 0.1) is 6.92 Å². The molecule has 44 heavy (non-hydrogen) atoms. The van der Waals surface area contributed by atoms with Gasteiger partial charge in [-0.15, -0.1) is 0 Å². The van der Waals surface area contributed by atoms with Crippen LogP contribution in [0.4, 0.5) is 5.82 Å². The number of aryl methyl sites for hydroxylation is 2. The number of anilines is 1. The third kappa shape index (κ3) is 5.62. The summed E-state index contributed by atoms with van der Waals surface area (Å²) in [7, 11) is 1.76. The highest BCUT2D eigenvalue weighted by Gasteiger charge is 2.25.